The zero-order valence-corrected chi connectivity index (χ0v) is 12.6. The molecule has 4 aliphatic carbocycles. The van der Waals surface area contributed by atoms with Gasteiger partial charge in [0.05, 0.1) is 6.61 Å². The highest BCUT2D eigenvalue weighted by Crippen LogP contribution is 2.61. The van der Waals surface area contributed by atoms with Gasteiger partial charge in [-0.05, 0) is 68.6 Å². The van der Waals surface area contributed by atoms with Gasteiger partial charge in [0, 0.05) is 12.6 Å². The molecule has 0 heterocycles. The Labute approximate surface area is 121 Å². The van der Waals surface area contributed by atoms with Gasteiger partial charge in [-0.1, -0.05) is 0 Å². The van der Waals surface area contributed by atoms with E-state index in [1.807, 2.05) is 0 Å². The molecule has 1 atom stereocenters. The third kappa shape index (κ3) is 2.73. The first-order valence-corrected chi connectivity index (χ1v) is 8.18. The van der Waals surface area contributed by atoms with Gasteiger partial charge in [-0.3, -0.25) is 4.79 Å². The largest absolute Gasteiger partial charge is 0.370 e. The highest BCUT2D eigenvalue weighted by Gasteiger charge is 2.53. The molecule has 4 bridgehead atoms. The van der Waals surface area contributed by atoms with Crippen LogP contribution in [0.4, 0.5) is 0 Å². The maximum atomic E-state index is 11.9. The van der Waals surface area contributed by atoms with E-state index in [1.165, 1.54) is 38.5 Å². The van der Waals surface area contributed by atoms with Crippen LogP contribution in [0, 0.1) is 23.2 Å². The lowest BCUT2D eigenvalue weighted by Gasteiger charge is -2.59. The average Bonchev–Trinajstić information content (AvgIpc) is 2.37. The zero-order chi connectivity index (χ0) is 14.2. The molecule has 0 aromatic carbocycles. The minimum Gasteiger partial charge on any atom is -0.370 e. The van der Waals surface area contributed by atoms with E-state index in [-0.39, 0.29) is 18.6 Å². The predicted molar refractivity (Wildman–Crippen MR) is 78.1 cm³/mol. The van der Waals surface area contributed by atoms with Crippen molar-refractivity contribution in [3.8, 4) is 0 Å². The Hall–Kier alpha value is -0.610. The van der Waals surface area contributed by atoms with Gasteiger partial charge in [-0.25, -0.2) is 0 Å². The Kier molecular flexibility index (Phi) is 4.04. The van der Waals surface area contributed by atoms with Crippen LogP contribution in [0.15, 0.2) is 0 Å². The van der Waals surface area contributed by atoms with Gasteiger partial charge in [-0.2, -0.15) is 0 Å². The molecule has 3 N–H and O–H groups in total. The van der Waals surface area contributed by atoms with Gasteiger partial charge >= 0.3 is 0 Å². The van der Waals surface area contributed by atoms with Gasteiger partial charge in [0.25, 0.3) is 0 Å². The molecule has 4 fully saturated rings. The van der Waals surface area contributed by atoms with Crippen LogP contribution in [0.25, 0.3) is 0 Å². The van der Waals surface area contributed by atoms with E-state index >= 15 is 0 Å². The molecule has 0 aromatic rings. The first-order valence-electron chi connectivity index (χ1n) is 8.18. The van der Waals surface area contributed by atoms with Crippen LogP contribution in [0.5, 0.6) is 0 Å². The van der Waals surface area contributed by atoms with E-state index < -0.39 is 0 Å². The Morgan fingerprint density at radius 1 is 1.25 bits per heavy atom. The first kappa shape index (κ1) is 14.3. The summed E-state index contributed by atoms with van der Waals surface area (Å²) in [4.78, 5) is 11.9. The molecular formula is C16H28N2O2. The number of carbonyl (C=O) groups excluding carboxylic acids is 1. The van der Waals surface area contributed by atoms with Crippen molar-refractivity contribution in [2.75, 3.05) is 19.8 Å². The van der Waals surface area contributed by atoms with Crippen LogP contribution < -0.4 is 11.1 Å². The second kappa shape index (κ2) is 5.64. The van der Waals surface area contributed by atoms with E-state index in [9.17, 15) is 4.79 Å². The summed E-state index contributed by atoms with van der Waals surface area (Å²) < 4.78 is 5.23. The smallest absolute Gasteiger partial charge is 0.246 e. The van der Waals surface area contributed by atoms with E-state index in [1.54, 1.807) is 0 Å². The maximum Gasteiger partial charge on any atom is 0.246 e. The van der Waals surface area contributed by atoms with Crippen molar-refractivity contribution in [1.29, 1.82) is 0 Å². The minimum absolute atomic E-state index is 0.0155. The van der Waals surface area contributed by atoms with E-state index in [4.69, 9.17) is 10.5 Å². The highest BCUT2D eigenvalue weighted by molar-refractivity contribution is 5.77. The molecule has 20 heavy (non-hydrogen) atoms. The average molecular weight is 280 g/mol. The lowest BCUT2D eigenvalue weighted by molar-refractivity contribution is -0.130. The monoisotopic (exact) mass is 280 g/mol. The molecule has 1 unspecified atom stereocenters. The summed E-state index contributed by atoms with van der Waals surface area (Å²) in [5.41, 5.74) is 5.74. The number of ether oxygens (including phenoxy) is 1. The topological polar surface area (TPSA) is 64.3 Å². The summed E-state index contributed by atoms with van der Waals surface area (Å²) >= 11 is 0. The quantitative estimate of drug-likeness (QED) is 0.728. The lowest BCUT2D eigenvalue weighted by Crippen LogP contribution is -2.56. The molecule has 0 spiro atoms. The summed E-state index contributed by atoms with van der Waals surface area (Å²) in [5, 5.41) is 3.19. The fourth-order valence-corrected chi connectivity index (χ4v) is 5.39. The molecule has 4 saturated carbocycles. The zero-order valence-electron chi connectivity index (χ0n) is 12.6. The van der Waals surface area contributed by atoms with Crippen molar-refractivity contribution in [3.63, 3.8) is 0 Å². The van der Waals surface area contributed by atoms with Crippen molar-refractivity contribution in [3.05, 3.63) is 0 Å². The Bertz CT molecular complexity index is 334. The molecule has 0 radical (unpaired) electrons. The molecule has 4 aliphatic rings. The third-order valence-electron chi connectivity index (χ3n) is 5.88. The number of carbonyl (C=O) groups is 1. The van der Waals surface area contributed by atoms with Crippen LogP contribution in [0.1, 0.15) is 45.4 Å². The Balaban J connectivity index is 1.56. The van der Waals surface area contributed by atoms with E-state index in [2.05, 4.69) is 12.2 Å². The van der Waals surface area contributed by atoms with Crippen molar-refractivity contribution in [2.24, 2.45) is 28.9 Å². The molecule has 4 rings (SSSR count). The second-order valence-corrected chi connectivity index (χ2v) is 7.41. The number of hydrogen-bond acceptors (Lipinski definition) is 3. The summed E-state index contributed by atoms with van der Waals surface area (Å²) in [6.45, 7) is 3.28. The first-order chi connectivity index (χ1) is 9.61. The fourth-order valence-electron chi connectivity index (χ4n) is 5.39. The number of amides is 1. The summed E-state index contributed by atoms with van der Waals surface area (Å²) in [5.74, 6) is 2.79. The van der Waals surface area contributed by atoms with Gasteiger partial charge in [0.2, 0.25) is 5.91 Å². The van der Waals surface area contributed by atoms with Gasteiger partial charge in [0.15, 0.2) is 0 Å². The number of hydrogen-bond donors (Lipinski definition) is 2. The second-order valence-electron chi connectivity index (χ2n) is 7.41. The summed E-state index contributed by atoms with van der Waals surface area (Å²) in [7, 11) is 0. The molecule has 1 amide bonds. The number of rotatable bonds is 6. The Morgan fingerprint density at radius 3 is 2.30 bits per heavy atom. The third-order valence-corrected chi connectivity index (χ3v) is 5.88. The van der Waals surface area contributed by atoms with Crippen molar-refractivity contribution >= 4 is 5.91 Å². The molecule has 114 valence electrons. The van der Waals surface area contributed by atoms with E-state index in [0.29, 0.717) is 18.6 Å². The van der Waals surface area contributed by atoms with Gasteiger partial charge < -0.3 is 15.8 Å². The van der Waals surface area contributed by atoms with Gasteiger partial charge in [0.1, 0.15) is 6.61 Å². The van der Waals surface area contributed by atoms with Crippen LogP contribution in [-0.4, -0.2) is 31.7 Å². The predicted octanol–water partition coefficient (Wildman–Crippen LogP) is 1.68. The van der Waals surface area contributed by atoms with Gasteiger partial charge in [-0.15, -0.1) is 0 Å². The van der Waals surface area contributed by atoms with Crippen LogP contribution in [0.2, 0.25) is 0 Å². The normalized spacial score (nSPS) is 39.8. The Morgan fingerprint density at radius 2 is 1.80 bits per heavy atom. The lowest BCUT2D eigenvalue weighted by atomic mass is 9.48. The summed E-state index contributed by atoms with van der Waals surface area (Å²) in [6, 6.07) is 0.282. The maximum absolute atomic E-state index is 11.9. The van der Waals surface area contributed by atoms with E-state index in [0.717, 1.165) is 17.8 Å². The van der Waals surface area contributed by atoms with Crippen molar-refractivity contribution in [2.45, 2.75) is 51.5 Å². The highest BCUT2D eigenvalue weighted by atomic mass is 16.5. The molecular weight excluding hydrogens is 252 g/mol. The number of nitrogens with two attached hydrogens (primary N) is 1. The van der Waals surface area contributed by atoms with Crippen LogP contribution in [-0.2, 0) is 9.53 Å². The van der Waals surface area contributed by atoms with Crippen molar-refractivity contribution < 1.29 is 9.53 Å². The fraction of sp³-hybridized carbons (Fsp3) is 0.938. The van der Waals surface area contributed by atoms with Crippen LogP contribution >= 0.6 is 0 Å². The summed E-state index contributed by atoms with van der Waals surface area (Å²) in [6.07, 6.45) is 8.30. The van der Waals surface area contributed by atoms with Crippen molar-refractivity contribution in [1.82, 2.24) is 5.32 Å². The molecule has 0 saturated heterocycles. The minimum atomic E-state index is 0.0155. The molecule has 0 aromatic heterocycles. The molecule has 0 aliphatic heterocycles. The molecule has 4 nitrogen and oxygen atoms in total. The van der Waals surface area contributed by atoms with Crippen LogP contribution in [0.3, 0.4) is 0 Å². The molecule has 4 heteroatoms. The SMILES string of the molecule is CC(NC(=O)COCCN)C12CC3CC(CC(C3)C1)C2. The standard InChI is InChI=1S/C16H28N2O2/c1-11(18-15(19)10-20-3-2-17)16-7-12-4-13(8-16)6-14(5-12)9-16/h11-14H,2-10,17H2,1H3,(H,18,19). The number of nitrogens with one attached hydrogen (secondary N) is 1.